The number of halogens is 1. The number of unbranched alkanes of at least 4 members (excludes halogenated alkanes) is 1. The Hall–Kier alpha value is -1.39. The highest BCUT2D eigenvalue weighted by Crippen LogP contribution is 2.21. The van der Waals surface area contributed by atoms with Gasteiger partial charge in [0, 0.05) is 33.1 Å². The summed E-state index contributed by atoms with van der Waals surface area (Å²) in [4.78, 5) is 11.1. The summed E-state index contributed by atoms with van der Waals surface area (Å²) < 4.78 is 11.1. The van der Waals surface area contributed by atoms with Crippen LogP contribution in [0.3, 0.4) is 0 Å². The molecule has 0 spiro atoms. The molecular weight excluding hydrogens is 511 g/mol. The predicted molar refractivity (Wildman–Crippen MR) is 136 cm³/mol. The van der Waals surface area contributed by atoms with E-state index in [1.807, 2.05) is 26.1 Å². The molecule has 0 aliphatic rings. The third kappa shape index (κ3) is 8.77. The van der Waals surface area contributed by atoms with Crippen LogP contribution < -0.4 is 10.1 Å². The molecule has 0 aliphatic heterocycles. The molecule has 2 rings (SSSR count). The number of guanidine groups is 1. The molecule has 1 aromatic carbocycles. The first kappa shape index (κ1) is 26.6. The highest BCUT2D eigenvalue weighted by molar-refractivity contribution is 14.0. The van der Waals surface area contributed by atoms with E-state index in [0.29, 0.717) is 6.54 Å². The van der Waals surface area contributed by atoms with E-state index >= 15 is 0 Å². The van der Waals surface area contributed by atoms with Gasteiger partial charge in [-0.1, -0.05) is 25.5 Å². The first-order valence-electron chi connectivity index (χ1n) is 10.2. The van der Waals surface area contributed by atoms with Gasteiger partial charge in [-0.2, -0.15) is 0 Å². The summed E-state index contributed by atoms with van der Waals surface area (Å²) in [7, 11) is 5.54. The van der Waals surface area contributed by atoms with Crippen LogP contribution in [0.25, 0.3) is 0 Å². The SMILES string of the molecule is CCCCOc1ccc(CCNC(=NC)N(C)Cc2csc(C(C)OC)n2)cc1.I. The number of nitrogens with zero attached hydrogens (tertiary/aromatic N) is 3. The molecule has 8 heteroatoms. The molecule has 0 saturated heterocycles. The van der Waals surface area contributed by atoms with Crippen LogP contribution in [0.4, 0.5) is 0 Å². The van der Waals surface area contributed by atoms with Gasteiger partial charge in [0.1, 0.15) is 16.9 Å². The molecule has 0 fully saturated rings. The number of benzene rings is 1. The summed E-state index contributed by atoms with van der Waals surface area (Å²) in [6, 6.07) is 8.35. The van der Waals surface area contributed by atoms with Crippen LogP contribution in [-0.4, -0.2) is 50.2 Å². The minimum absolute atomic E-state index is 0. The van der Waals surface area contributed by atoms with E-state index in [1.165, 1.54) is 5.56 Å². The first-order valence-corrected chi connectivity index (χ1v) is 11.1. The van der Waals surface area contributed by atoms with Gasteiger partial charge in [-0.25, -0.2) is 4.98 Å². The molecular formula is C22H35IN4O2S. The molecule has 2 aromatic rings. The van der Waals surface area contributed by atoms with Crippen molar-refractivity contribution in [2.75, 3.05) is 34.4 Å². The molecule has 0 amide bonds. The monoisotopic (exact) mass is 546 g/mol. The number of thiazole rings is 1. The van der Waals surface area contributed by atoms with Crippen molar-refractivity contribution in [3.05, 3.63) is 45.9 Å². The maximum Gasteiger partial charge on any atom is 0.193 e. The number of hydrogen-bond acceptors (Lipinski definition) is 5. The van der Waals surface area contributed by atoms with E-state index in [0.717, 1.165) is 54.8 Å². The Kier molecular flexibility index (Phi) is 13.0. The van der Waals surface area contributed by atoms with Crippen LogP contribution >= 0.6 is 35.3 Å². The quantitative estimate of drug-likeness (QED) is 0.188. The first-order chi connectivity index (χ1) is 14.1. The Morgan fingerprint density at radius 1 is 1.30 bits per heavy atom. The van der Waals surface area contributed by atoms with Crippen molar-refractivity contribution in [2.24, 2.45) is 4.99 Å². The Balaban J connectivity index is 0.00000450. The molecule has 1 N–H and O–H groups in total. The summed E-state index contributed by atoms with van der Waals surface area (Å²) >= 11 is 1.63. The number of rotatable bonds is 11. The number of aliphatic imine (C=N–C) groups is 1. The van der Waals surface area contributed by atoms with Gasteiger partial charge in [0.25, 0.3) is 0 Å². The second-order valence-electron chi connectivity index (χ2n) is 6.98. The van der Waals surface area contributed by atoms with Crippen LogP contribution in [0.2, 0.25) is 0 Å². The third-order valence-electron chi connectivity index (χ3n) is 4.63. The highest BCUT2D eigenvalue weighted by Gasteiger charge is 2.12. The van der Waals surface area contributed by atoms with Crippen molar-refractivity contribution in [1.82, 2.24) is 15.2 Å². The molecule has 1 atom stereocenters. The van der Waals surface area contributed by atoms with Crippen LogP contribution in [0.5, 0.6) is 5.75 Å². The second-order valence-corrected chi connectivity index (χ2v) is 7.87. The van der Waals surface area contributed by atoms with Crippen molar-refractivity contribution in [2.45, 2.75) is 45.8 Å². The van der Waals surface area contributed by atoms with E-state index in [1.54, 1.807) is 25.5 Å². The molecule has 168 valence electrons. The number of hydrogen-bond donors (Lipinski definition) is 1. The minimum atomic E-state index is 0. The van der Waals surface area contributed by atoms with Gasteiger partial charge in [0.05, 0.1) is 18.8 Å². The number of ether oxygens (including phenoxy) is 2. The van der Waals surface area contributed by atoms with Crippen LogP contribution in [0.1, 0.15) is 49.1 Å². The maximum atomic E-state index is 5.72. The standard InChI is InChI=1S/C22H34N4O2S.HI/c1-6-7-14-28-20-10-8-18(9-11-20)12-13-24-22(23-3)26(4)15-19-16-29-21(25-19)17(2)27-5;/h8-11,16-17H,6-7,12-15H2,1-5H3,(H,23,24);1H. The summed E-state index contributed by atoms with van der Waals surface area (Å²) in [6.07, 6.45) is 3.19. The van der Waals surface area contributed by atoms with Gasteiger partial charge in [-0.3, -0.25) is 4.99 Å². The summed E-state index contributed by atoms with van der Waals surface area (Å²) in [6.45, 7) is 6.48. The molecule has 0 aliphatic carbocycles. The van der Waals surface area contributed by atoms with E-state index in [9.17, 15) is 0 Å². The Morgan fingerprint density at radius 3 is 2.67 bits per heavy atom. The van der Waals surface area contributed by atoms with Crippen LogP contribution in [-0.2, 0) is 17.7 Å². The molecule has 30 heavy (non-hydrogen) atoms. The number of methoxy groups -OCH3 is 1. The van der Waals surface area contributed by atoms with E-state index in [4.69, 9.17) is 9.47 Å². The Labute approximate surface area is 202 Å². The maximum absolute atomic E-state index is 5.72. The Morgan fingerprint density at radius 2 is 2.03 bits per heavy atom. The van der Waals surface area contributed by atoms with Crippen molar-refractivity contribution in [1.29, 1.82) is 0 Å². The summed E-state index contributed by atoms with van der Waals surface area (Å²) in [5.41, 5.74) is 2.30. The second kappa shape index (κ2) is 14.6. The lowest BCUT2D eigenvalue weighted by Gasteiger charge is -2.21. The summed E-state index contributed by atoms with van der Waals surface area (Å²) in [5, 5.41) is 6.51. The molecule has 1 aromatic heterocycles. The van der Waals surface area contributed by atoms with Crippen molar-refractivity contribution in [3.8, 4) is 5.75 Å². The van der Waals surface area contributed by atoms with Crippen molar-refractivity contribution < 1.29 is 9.47 Å². The van der Waals surface area contributed by atoms with E-state index in [-0.39, 0.29) is 30.1 Å². The number of nitrogens with one attached hydrogen (secondary N) is 1. The van der Waals surface area contributed by atoms with Crippen LogP contribution in [0, 0.1) is 0 Å². The lowest BCUT2D eigenvalue weighted by molar-refractivity contribution is 0.119. The van der Waals surface area contributed by atoms with Crippen LogP contribution in [0.15, 0.2) is 34.6 Å². The minimum Gasteiger partial charge on any atom is -0.494 e. The molecule has 0 bridgehead atoms. The summed E-state index contributed by atoms with van der Waals surface area (Å²) in [5.74, 6) is 1.80. The average Bonchev–Trinajstić information content (AvgIpc) is 3.20. The fourth-order valence-electron chi connectivity index (χ4n) is 2.79. The topological polar surface area (TPSA) is 59.0 Å². The number of aromatic nitrogens is 1. The van der Waals surface area contributed by atoms with Gasteiger partial charge >= 0.3 is 0 Å². The largest absolute Gasteiger partial charge is 0.494 e. The normalized spacial score (nSPS) is 12.2. The Bertz CT molecular complexity index is 752. The lowest BCUT2D eigenvalue weighted by atomic mass is 10.1. The van der Waals surface area contributed by atoms with Gasteiger partial charge < -0.3 is 19.7 Å². The zero-order chi connectivity index (χ0) is 21.1. The van der Waals surface area contributed by atoms with Gasteiger partial charge in [-0.15, -0.1) is 35.3 Å². The van der Waals surface area contributed by atoms with Crippen molar-refractivity contribution in [3.63, 3.8) is 0 Å². The predicted octanol–water partition coefficient (Wildman–Crippen LogP) is 4.90. The lowest BCUT2D eigenvalue weighted by Crippen LogP contribution is -2.39. The molecule has 0 radical (unpaired) electrons. The fraction of sp³-hybridized carbons (Fsp3) is 0.545. The van der Waals surface area contributed by atoms with Gasteiger partial charge in [0.2, 0.25) is 0 Å². The van der Waals surface area contributed by atoms with Gasteiger partial charge in [0.15, 0.2) is 5.96 Å². The smallest absolute Gasteiger partial charge is 0.193 e. The highest BCUT2D eigenvalue weighted by atomic mass is 127. The fourth-order valence-corrected chi connectivity index (χ4v) is 3.63. The zero-order valence-electron chi connectivity index (χ0n) is 18.7. The molecule has 6 nitrogen and oxygen atoms in total. The van der Waals surface area contributed by atoms with Gasteiger partial charge in [-0.05, 0) is 37.5 Å². The van der Waals surface area contributed by atoms with E-state index < -0.39 is 0 Å². The van der Waals surface area contributed by atoms with Crippen molar-refractivity contribution >= 4 is 41.3 Å². The third-order valence-corrected chi connectivity index (χ3v) is 5.68. The average molecular weight is 547 g/mol. The molecule has 1 unspecified atom stereocenters. The molecule has 1 heterocycles. The van der Waals surface area contributed by atoms with E-state index in [2.05, 4.69) is 44.6 Å². The zero-order valence-corrected chi connectivity index (χ0v) is 21.8. The molecule has 0 saturated carbocycles.